The van der Waals surface area contributed by atoms with Gasteiger partial charge in [0.05, 0.1) is 0 Å². The molecule has 0 fully saturated rings. The first-order chi connectivity index (χ1) is 21.2. The molecule has 0 aliphatic rings. The molecule has 0 heterocycles. The lowest BCUT2D eigenvalue weighted by molar-refractivity contribution is -0.458. The fourth-order valence-electron chi connectivity index (χ4n) is 2.49. The van der Waals surface area contributed by atoms with E-state index in [4.69, 9.17) is 0 Å². The van der Waals surface area contributed by atoms with E-state index in [-0.39, 0.29) is 0 Å². The third kappa shape index (κ3) is 5.94. The Morgan fingerprint density at radius 3 is 0.529 bits per heavy atom. The van der Waals surface area contributed by atoms with Crippen LogP contribution in [0.3, 0.4) is 0 Å². The third-order valence-corrected chi connectivity index (χ3v) is 9.11. The zero-order chi connectivity index (χ0) is 42.7. The van der Waals surface area contributed by atoms with E-state index < -0.39 is 106 Å². The molecule has 0 aliphatic carbocycles. The van der Waals surface area contributed by atoms with Crippen LogP contribution in [0, 0.1) is 0 Å². The Balaban J connectivity index is 7.44. The number of hydrogen-bond acceptors (Lipinski definition) is 4. The summed E-state index contributed by atoms with van der Waals surface area (Å²) in [4.78, 5) is 0. The maximum absolute atomic E-state index is 13.9. The summed E-state index contributed by atoms with van der Waals surface area (Å²) in [5.41, 5.74) is 0. The monoisotopic (exact) mass is 881 g/mol. The van der Waals surface area contributed by atoms with Gasteiger partial charge in [0.15, 0.2) is 0 Å². The topological polar surface area (TPSA) is 80.3 Å². The molecule has 0 aromatic rings. The average Bonchev–Trinajstić information content (AvgIpc) is 2.85. The molecular formula is C14HF30NO4S2. The molecular weight excluding hydrogens is 880 g/mol. The second-order valence-corrected chi connectivity index (χ2v) is 12.6. The van der Waals surface area contributed by atoms with Crippen LogP contribution in [-0.4, -0.2) is 98.9 Å². The molecule has 0 unspecified atom stereocenters. The Labute approximate surface area is 256 Å². The molecule has 37 heteroatoms. The minimum atomic E-state index is -9.70. The van der Waals surface area contributed by atoms with Gasteiger partial charge < -0.3 is 0 Å². The third-order valence-electron chi connectivity index (χ3n) is 5.49. The Morgan fingerprint density at radius 1 is 0.235 bits per heavy atom. The van der Waals surface area contributed by atoms with Crippen LogP contribution in [0.15, 0.2) is 0 Å². The van der Waals surface area contributed by atoms with Gasteiger partial charge in [-0.3, -0.25) is 0 Å². The molecule has 0 spiro atoms. The summed E-state index contributed by atoms with van der Waals surface area (Å²) in [7, 11) is -19.3. The van der Waals surface area contributed by atoms with Crippen molar-refractivity contribution < 1.29 is 149 Å². The van der Waals surface area contributed by atoms with Gasteiger partial charge in [-0.25, -0.2) is 16.8 Å². The van der Waals surface area contributed by atoms with Gasteiger partial charge in [-0.2, -0.15) is 132 Å². The van der Waals surface area contributed by atoms with Crippen LogP contribution in [0.25, 0.3) is 0 Å². The standard InChI is InChI=1S/C14HF30NO4S2/c15-1(16,3(19,20)7(27,28)11(35,36)37)2(17,18)5(23,24)9(31,32)13(41,42)50(46,47)45-51(48,49)14(43,44)10(33,34)6(25,26)4(21,22)8(29,30)12(38,39)40/h45H. The molecule has 1 N–H and O–H groups in total. The smallest absolute Gasteiger partial charge is 0.205 e. The Kier molecular flexibility index (Phi) is 11.1. The van der Waals surface area contributed by atoms with E-state index in [1.165, 1.54) is 0 Å². The Bertz CT molecular complexity index is 1530. The van der Waals surface area contributed by atoms with Crippen LogP contribution in [-0.2, 0) is 20.0 Å². The SMILES string of the molecule is O=S(=O)(NS(=O)(=O)C(F)(F)C(F)(F)C(F)(F)C(F)(F)C(F)(F)C(F)(F)C(F)(F)C(F)(F)F)C(F)(F)C(F)(F)C(F)(F)C(F)(F)C(F)(F)C(F)(F)F. The molecule has 0 rings (SSSR count). The molecule has 0 atom stereocenters. The molecule has 0 aliphatic heterocycles. The summed E-state index contributed by atoms with van der Waals surface area (Å²) in [6.45, 7) is 0. The van der Waals surface area contributed by atoms with Crippen LogP contribution in [0.5, 0.6) is 0 Å². The number of sulfonamides is 2. The first kappa shape index (κ1) is 48.8. The fraction of sp³-hybridized carbons (Fsp3) is 1.00. The van der Waals surface area contributed by atoms with E-state index in [2.05, 4.69) is 0 Å². The molecule has 5 nitrogen and oxygen atoms in total. The summed E-state index contributed by atoms with van der Waals surface area (Å²) in [6.07, 6.45) is -16.5. The minimum Gasteiger partial charge on any atom is -0.205 e. The van der Waals surface area contributed by atoms with Crippen molar-refractivity contribution in [3.05, 3.63) is 0 Å². The second kappa shape index (κ2) is 11.6. The zero-order valence-electron chi connectivity index (χ0n) is 21.3. The van der Waals surface area contributed by atoms with E-state index in [0.29, 0.717) is 0 Å². The zero-order valence-corrected chi connectivity index (χ0v) is 22.9. The highest BCUT2D eigenvalue weighted by Crippen LogP contribution is 2.65. The molecule has 0 amide bonds. The number of hydrogen-bond donors (Lipinski definition) is 1. The Morgan fingerprint density at radius 2 is 0.373 bits per heavy atom. The van der Waals surface area contributed by atoms with Gasteiger partial charge in [0.2, 0.25) is 0 Å². The van der Waals surface area contributed by atoms with Gasteiger partial charge in [0, 0.05) is 0 Å². The summed E-state index contributed by atoms with van der Waals surface area (Å²) < 4.78 is 437. The van der Waals surface area contributed by atoms with Crippen LogP contribution < -0.4 is 4.13 Å². The summed E-state index contributed by atoms with van der Waals surface area (Å²) in [5, 5.41) is -18.3. The summed E-state index contributed by atoms with van der Waals surface area (Å²) in [6, 6.07) is 0. The van der Waals surface area contributed by atoms with Gasteiger partial charge in [0.1, 0.15) is 0 Å². The van der Waals surface area contributed by atoms with Crippen molar-refractivity contribution in [1.82, 2.24) is 4.13 Å². The lowest BCUT2D eigenvalue weighted by atomic mass is 9.91. The fourth-order valence-corrected chi connectivity index (χ4v) is 5.42. The average molecular weight is 881 g/mol. The van der Waals surface area contributed by atoms with E-state index in [9.17, 15) is 149 Å². The molecule has 0 aromatic heterocycles. The van der Waals surface area contributed by atoms with Crippen molar-refractivity contribution in [2.45, 2.75) is 82.1 Å². The van der Waals surface area contributed by atoms with Crippen molar-refractivity contribution in [2.75, 3.05) is 0 Å². The van der Waals surface area contributed by atoms with Gasteiger partial charge >= 0.3 is 82.1 Å². The number of nitrogens with one attached hydrogen (secondary N) is 1. The predicted molar refractivity (Wildman–Crippen MR) is 92.4 cm³/mol. The Hall–Kier alpha value is -2.24. The van der Waals surface area contributed by atoms with E-state index >= 15 is 0 Å². The quantitative estimate of drug-likeness (QED) is 0.180. The normalized spacial score (nSPS) is 17.2. The molecule has 0 bridgehead atoms. The molecule has 51 heavy (non-hydrogen) atoms. The number of rotatable bonds is 14. The molecule has 308 valence electrons. The van der Waals surface area contributed by atoms with E-state index in [1.807, 2.05) is 0 Å². The van der Waals surface area contributed by atoms with Crippen molar-refractivity contribution >= 4 is 20.0 Å². The van der Waals surface area contributed by atoms with Crippen molar-refractivity contribution in [3.63, 3.8) is 0 Å². The minimum absolute atomic E-state index is 2.23. The summed E-state index contributed by atoms with van der Waals surface area (Å²) >= 11 is 0. The van der Waals surface area contributed by atoms with E-state index in [0.717, 1.165) is 0 Å². The van der Waals surface area contributed by atoms with Crippen LogP contribution in [0.4, 0.5) is 132 Å². The maximum Gasteiger partial charge on any atom is 0.460 e. The maximum atomic E-state index is 13.9. The molecule has 0 radical (unpaired) electrons. The highest BCUT2D eigenvalue weighted by Gasteiger charge is 2.97. The summed E-state index contributed by atoms with van der Waals surface area (Å²) in [5.74, 6) is -92.8. The van der Waals surface area contributed by atoms with Gasteiger partial charge in [-0.1, -0.05) is 4.13 Å². The highest BCUT2D eigenvalue weighted by molar-refractivity contribution is 8.05. The van der Waals surface area contributed by atoms with Crippen molar-refractivity contribution in [2.24, 2.45) is 0 Å². The number of halogens is 30. The second-order valence-electron chi connectivity index (χ2n) is 8.86. The van der Waals surface area contributed by atoms with Crippen molar-refractivity contribution in [1.29, 1.82) is 0 Å². The van der Waals surface area contributed by atoms with Gasteiger partial charge in [0.25, 0.3) is 20.0 Å². The van der Waals surface area contributed by atoms with Gasteiger partial charge in [-0.05, 0) is 0 Å². The van der Waals surface area contributed by atoms with Crippen LogP contribution in [0.2, 0.25) is 0 Å². The first-order valence-electron chi connectivity index (χ1n) is 10.2. The molecule has 0 aromatic carbocycles. The largest absolute Gasteiger partial charge is 0.460 e. The van der Waals surface area contributed by atoms with Crippen molar-refractivity contribution in [3.8, 4) is 0 Å². The van der Waals surface area contributed by atoms with Crippen LogP contribution >= 0.6 is 0 Å². The number of alkyl halides is 30. The molecule has 0 saturated carbocycles. The van der Waals surface area contributed by atoms with Crippen LogP contribution in [0.1, 0.15) is 0 Å². The highest BCUT2D eigenvalue weighted by atomic mass is 32.3. The predicted octanol–water partition coefficient (Wildman–Crippen LogP) is 7.90. The lowest BCUT2D eigenvalue weighted by Gasteiger charge is -2.42. The first-order valence-corrected chi connectivity index (χ1v) is 13.1. The van der Waals surface area contributed by atoms with E-state index in [1.54, 1.807) is 0 Å². The lowest BCUT2D eigenvalue weighted by Crippen LogP contribution is -2.75. The van der Waals surface area contributed by atoms with Gasteiger partial charge in [-0.15, -0.1) is 0 Å². The molecule has 0 saturated heterocycles.